The molecule has 0 spiro atoms. The van der Waals surface area contributed by atoms with E-state index in [1.54, 1.807) is 0 Å². The SMILES string of the molecule is CC1(CBr)c2ccccc2ON(C(C)(C)C)C1c1ccccc1. The summed E-state index contributed by atoms with van der Waals surface area (Å²) in [6.45, 7) is 8.92. The molecule has 2 atom stereocenters. The number of hydrogen-bond donors (Lipinski definition) is 0. The van der Waals surface area contributed by atoms with E-state index in [2.05, 4.69) is 97.2 Å². The first-order valence-electron chi connectivity index (χ1n) is 8.05. The summed E-state index contributed by atoms with van der Waals surface area (Å²) in [6.07, 6.45) is 0. The second-order valence-corrected chi connectivity index (χ2v) is 8.01. The molecular formula is C20H24BrNO. The van der Waals surface area contributed by atoms with Crippen molar-refractivity contribution in [3.8, 4) is 5.75 Å². The maximum atomic E-state index is 6.37. The third kappa shape index (κ3) is 2.81. The van der Waals surface area contributed by atoms with Gasteiger partial charge in [0.15, 0.2) is 5.75 Å². The minimum atomic E-state index is -0.114. The monoisotopic (exact) mass is 373 g/mol. The van der Waals surface area contributed by atoms with Crippen molar-refractivity contribution in [2.75, 3.05) is 5.33 Å². The summed E-state index contributed by atoms with van der Waals surface area (Å²) in [5, 5.41) is 3.03. The van der Waals surface area contributed by atoms with Gasteiger partial charge in [-0.1, -0.05) is 71.4 Å². The van der Waals surface area contributed by atoms with Gasteiger partial charge < -0.3 is 4.84 Å². The van der Waals surface area contributed by atoms with Gasteiger partial charge in [-0.2, -0.15) is 0 Å². The van der Waals surface area contributed by atoms with Gasteiger partial charge in [-0.25, -0.2) is 0 Å². The molecule has 23 heavy (non-hydrogen) atoms. The van der Waals surface area contributed by atoms with Crippen LogP contribution in [0, 0.1) is 0 Å². The van der Waals surface area contributed by atoms with Crippen LogP contribution in [0.1, 0.15) is 44.9 Å². The Hall–Kier alpha value is -1.32. The van der Waals surface area contributed by atoms with Crippen LogP contribution in [-0.4, -0.2) is 15.9 Å². The molecule has 2 unspecified atom stereocenters. The number of halogens is 1. The van der Waals surface area contributed by atoms with Crippen LogP contribution < -0.4 is 4.84 Å². The molecule has 3 heteroatoms. The third-order valence-electron chi connectivity index (χ3n) is 4.59. The lowest BCUT2D eigenvalue weighted by Crippen LogP contribution is -2.56. The Morgan fingerprint density at radius 3 is 2.26 bits per heavy atom. The number of nitrogens with zero attached hydrogens (tertiary/aromatic N) is 1. The molecule has 2 nitrogen and oxygen atoms in total. The summed E-state index contributed by atoms with van der Waals surface area (Å²) >= 11 is 3.79. The highest BCUT2D eigenvalue weighted by atomic mass is 79.9. The molecule has 1 heterocycles. The predicted octanol–water partition coefficient (Wildman–Crippen LogP) is 5.49. The van der Waals surface area contributed by atoms with Gasteiger partial charge >= 0.3 is 0 Å². The summed E-state index contributed by atoms with van der Waals surface area (Å²) in [7, 11) is 0. The van der Waals surface area contributed by atoms with Crippen molar-refractivity contribution in [2.45, 2.75) is 44.7 Å². The summed E-state index contributed by atoms with van der Waals surface area (Å²) < 4.78 is 0. The molecule has 1 aliphatic heterocycles. The fourth-order valence-corrected chi connectivity index (χ4v) is 4.00. The Bertz CT molecular complexity index is 680. The second-order valence-electron chi connectivity index (χ2n) is 7.45. The Morgan fingerprint density at radius 1 is 1.04 bits per heavy atom. The van der Waals surface area contributed by atoms with Crippen molar-refractivity contribution in [1.29, 1.82) is 0 Å². The first-order valence-corrected chi connectivity index (χ1v) is 9.18. The molecule has 0 amide bonds. The molecule has 1 aliphatic rings. The van der Waals surface area contributed by atoms with Crippen molar-refractivity contribution >= 4 is 15.9 Å². The lowest BCUT2D eigenvalue weighted by molar-refractivity contribution is -0.189. The number of hydroxylamine groups is 2. The minimum Gasteiger partial charge on any atom is -0.405 e. The molecule has 0 N–H and O–H groups in total. The predicted molar refractivity (Wildman–Crippen MR) is 99.0 cm³/mol. The number of fused-ring (bicyclic) bond motifs is 1. The first-order chi connectivity index (χ1) is 10.9. The molecule has 0 saturated carbocycles. The number of benzene rings is 2. The summed E-state index contributed by atoms with van der Waals surface area (Å²) in [6, 6.07) is 19.2. The largest absolute Gasteiger partial charge is 0.405 e. The van der Waals surface area contributed by atoms with Crippen LogP contribution in [0.3, 0.4) is 0 Å². The van der Waals surface area contributed by atoms with Gasteiger partial charge in [0, 0.05) is 21.8 Å². The van der Waals surface area contributed by atoms with Crippen molar-refractivity contribution in [3.63, 3.8) is 0 Å². The highest BCUT2D eigenvalue weighted by molar-refractivity contribution is 9.09. The average Bonchev–Trinajstić information content (AvgIpc) is 2.54. The van der Waals surface area contributed by atoms with Crippen molar-refractivity contribution in [1.82, 2.24) is 5.06 Å². The Kier molecular flexibility index (Phi) is 4.28. The molecule has 0 aliphatic carbocycles. The van der Waals surface area contributed by atoms with E-state index < -0.39 is 0 Å². The fraction of sp³-hybridized carbons (Fsp3) is 0.400. The smallest absolute Gasteiger partial charge is 0.151 e. The highest BCUT2D eigenvalue weighted by Gasteiger charge is 2.49. The molecule has 2 aromatic rings. The molecule has 2 aromatic carbocycles. The van der Waals surface area contributed by atoms with E-state index in [0.29, 0.717) is 0 Å². The van der Waals surface area contributed by atoms with Crippen LogP contribution in [0.15, 0.2) is 54.6 Å². The molecular weight excluding hydrogens is 350 g/mol. The van der Waals surface area contributed by atoms with Gasteiger partial charge in [-0.3, -0.25) is 0 Å². The van der Waals surface area contributed by atoms with Crippen LogP contribution in [0.25, 0.3) is 0 Å². The molecule has 0 bridgehead atoms. The summed E-state index contributed by atoms with van der Waals surface area (Å²) in [4.78, 5) is 6.37. The van der Waals surface area contributed by atoms with Crippen LogP contribution >= 0.6 is 15.9 Å². The fourth-order valence-electron chi connectivity index (χ4n) is 3.39. The van der Waals surface area contributed by atoms with E-state index in [1.807, 2.05) is 6.07 Å². The lowest BCUT2D eigenvalue weighted by Gasteiger charge is -2.52. The van der Waals surface area contributed by atoms with E-state index >= 15 is 0 Å². The van der Waals surface area contributed by atoms with E-state index in [9.17, 15) is 0 Å². The van der Waals surface area contributed by atoms with Crippen molar-refractivity contribution in [2.24, 2.45) is 0 Å². The van der Waals surface area contributed by atoms with Gasteiger partial charge in [0.1, 0.15) is 0 Å². The zero-order valence-electron chi connectivity index (χ0n) is 14.2. The van der Waals surface area contributed by atoms with Crippen LogP contribution in [-0.2, 0) is 5.41 Å². The van der Waals surface area contributed by atoms with Crippen LogP contribution in [0.2, 0.25) is 0 Å². The lowest BCUT2D eigenvalue weighted by atomic mass is 9.72. The van der Waals surface area contributed by atoms with Crippen molar-refractivity contribution < 1.29 is 4.84 Å². The number of para-hydroxylation sites is 1. The first kappa shape index (κ1) is 16.5. The number of alkyl halides is 1. The molecule has 0 fully saturated rings. The van der Waals surface area contributed by atoms with Crippen molar-refractivity contribution in [3.05, 3.63) is 65.7 Å². The van der Waals surface area contributed by atoms with E-state index in [0.717, 1.165) is 11.1 Å². The number of rotatable bonds is 2. The zero-order chi connectivity index (χ0) is 16.7. The summed E-state index contributed by atoms with van der Waals surface area (Å²) in [5.41, 5.74) is 2.34. The molecule has 3 rings (SSSR count). The molecule has 0 aromatic heterocycles. The minimum absolute atomic E-state index is 0.0799. The topological polar surface area (TPSA) is 12.5 Å². The van der Waals surface area contributed by atoms with E-state index in [-0.39, 0.29) is 17.0 Å². The maximum absolute atomic E-state index is 6.37. The standard InChI is InChI=1S/C20H24BrNO/c1-19(2,3)22-18(15-10-6-5-7-11-15)20(4,14-21)16-12-8-9-13-17(16)23-22/h5-13,18H,14H2,1-4H3. The molecule has 122 valence electrons. The quantitative estimate of drug-likeness (QED) is 0.645. The normalized spacial score (nSPS) is 24.8. The van der Waals surface area contributed by atoms with E-state index in [1.165, 1.54) is 11.1 Å². The zero-order valence-corrected chi connectivity index (χ0v) is 15.8. The van der Waals surface area contributed by atoms with Gasteiger partial charge in [-0.15, -0.1) is 5.06 Å². The van der Waals surface area contributed by atoms with E-state index in [4.69, 9.17) is 4.84 Å². The highest BCUT2D eigenvalue weighted by Crippen LogP contribution is 2.51. The third-order valence-corrected chi connectivity index (χ3v) is 5.76. The molecule has 0 saturated heterocycles. The van der Waals surface area contributed by atoms with Gasteiger partial charge in [0.2, 0.25) is 0 Å². The van der Waals surface area contributed by atoms with Gasteiger partial charge in [0.05, 0.1) is 6.04 Å². The summed E-state index contributed by atoms with van der Waals surface area (Å²) in [5.74, 6) is 0.955. The average molecular weight is 374 g/mol. The Balaban J connectivity index is 2.23. The van der Waals surface area contributed by atoms with Crippen LogP contribution in [0.5, 0.6) is 5.75 Å². The van der Waals surface area contributed by atoms with Crippen LogP contribution in [0.4, 0.5) is 0 Å². The van der Waals surface area contributed by atoms with Gasteiger partial charge in [0.25, 0.3) is 0 Å². The maximum Gasteiger partial charge on any atom is 0.151 e. The Morgan fingerprint density at radius 2 is 1.65 bits per heavy atom. The molecule has 0 radical (unpaired) electrons. The number of hydrogen-bond acceptors (Lipinski definition) is 2. The Labute approximate surface area is 147 Å². The van der Waals surface area contributed by atoms with Gasteiger partial charge in [-0.05, 0) is 32.4 Å². The second kappa shape index (κ2) is 5.95.